The SMILES string of the molecule is O=C(c1ccc(C(F)(F)F)cc1)N(Cc1ccccn1)C[C@H]1CCCO1. The first-order valence-corrected chi connectivity index (χ1v) is 8.41. The molecule has 0 radical (unpaired) electrons. The molecule has 2 aromatic rings. The molecular formula is C19H19F3N2O2. The number of hydrogen-bond acceptors (Lipinski definition) is 3. The summed E-state index contributed by atoms with van der Waals surface area (Å²) in [5.41, 5.74) is 0.155. The average Bonchev–Trinajstić information content (AvgIpc) is 3.14. The molecule has 1 aromatic heterocycles. The van der Waals surface area contributed by atoms with Crippen LogP contribution in [0.4, 0.5) is 13.2 Å². The lowest BCUT2D eigenvalue weighted by molar-refractivity contribution is -0.137. The second-order valence-electron chi connectivity index (χ2n) is 6.22. The number of amides is 1. The van der Waals surface area contributed by atoms with E-state index in [1.165, 1.54) is 12.1 Å². The highest BCUT2D eigenvalue weighted by molar-refractivity contribution is 5.94. The molecule has 0 unspecified atom stereocenters. The highest BCUT2D eigenvalue weighted by atomic mass is 19.4. The number of carbonyl (C=O) groups is 1. The summed E-state index contributed by atoms with van der Waals surface area (Å²) in [7, 11) is 0. The van der Waals surface area contributed by atoms with Crippen LogP contribution in [0.2, 0.25) is 0 Å². The summed E-state index contributed by atoms with van der Waals surface area (Å²) in [5, 5.41) is 0. The van der Waals surface area contributed by atoms with E-state index < -0.39 is 11.7 Å². The summed E-state index contributed by atoms with van der Waals surface area (Å²) in [4.78, 5) is 18.7. The van der Waals surface area contributed by atoms with Crippen LogP contribution in [0, 0.1) is 0 Å². The van der Waals surface area contributed by atoms with Crippen molar-refractivity contribution in [3.05, 3.63) is 65.5 Å². The molecule has 0 N–H and O–H groups in total. The molecule has 1 saturated heterocycles. The highest BCUT2D eigenvalue weighted by Gasteiger charge is 2.31. The van der Waals surface area contributed by atoms with Crippen LogP contribution in [0.1, 0.15) is 34.5 Å². The van der Waals surface area contributed by atoms with E-state index in [4.69, 9.17) is 4.74 Å². The topological polar surface area (TPSA) is 42.4 Å². The van der Waals surface area contributed by atoms with Gasteiger partial charge in [-0.15, -0.1) is 0 Å². The lowest BCUT2D eigenvalue weighted by Crippen LogP contribution is -2.37. The van der Waals surface area contributed by atoms with E-state index in [0.29, 0.717) is 18.8 Å². The van der Waals surface area contributed by atoms with E-state index in [2.05, 4.69) is 4.98 Å². The highest BCUT2D eigenvalue weighted by Crippen LogP contribution is 2.29. The van der Waals surface area contributed by atoms with Crippen LogP contribution in [0.25, 0.3) is 0 Å². The average molecular weight is 364 g/mol. The summed E-state index contributed by atoms with van der Waals surface area (Å²) in [5.74, 6) is -0.333. The number of pyridine rings is 1. The number of aromatic nitrogens is 1. The van der Waals surface area contributed by atoms with Crippen molar-refractivity contribution >= 4 is 5.91 Å². The third-order valence-corrected chi connectivity index (χ3v) is 4.27. The van der Waals surface area contributed by atoms with E-state index in [1.54, 1.807) is 17.2 Å². The minimum absolute atomic E-state index is 0.0582. The number of ether oxygens (including phenoxy) is 1. The molecule has 0 saturated carbocycles. The predicted molar refractivity (Wildman–Crippen MR) is 89.4 cm³/mol. The van der Waals surface area contributed by atoms with Gasteiger partial charge in [-0.1, -0.05) is 6.07 Å². The molecule has 7 heteroatoms. The van der Waals surface area contributed by atoms with Gasteiger partial charge in [-0.25, -0.2) is 0 Å². The predicted octanol–water partition coefficient (Wildman–Crippen LogP) is 3.92. The first kappa shape index (κ1) is 18.4. The Bertz CT molecular complexity index is 727. The van der Waals surface area contributed by atoms with Gasteiger partial charge in [-0.05, 0) is 49.2 Å². The molecule has 1 fully saturated rings. The Morgan fingerprint density at radius 3 is 2.54 bits per heavy atom. The number of carbonyl (C=O) groups excluding carboxylic acids is 1. The molecule has 1 aromatic carbocycles. The van der Waals surface area contributed by atoms with Crippen molar-refractivity contribution in [2.75, 3.05) is 13.2 Å². The number of benzene rings is 1. The Morgan fingerprint density at radius 1 is 1.19 bits per heavy atom. The van der Waals surface area contributed by atoms with Gasteiger partial charge in [0.05, 0.1) is 23.9 Å². The number of alkyl halides is 3. The Labute approximate surface area is 149 Å². The molecule has 26 heavy (non-hydrogen) atoms. The van der Waals surface area contributed by atoms with Crippen molar-refractivity contribution in [3.8, 4) is 0 Å². The van der Waals surface area contributed by atoms with E-state index in [-0.39, 0.29) is 24.1 Å². The smallest absolute Gasteiger partial charge is 0.376 e. The van der Waals surface area contributed by atoms with Gasteiger partial charge in [-0.2, -0.15) is 13.2 Å². The lowest BCUT2D eigenvalue weighted by Gasteiger charge is -2.25. The van der Waals surface area contributed by atoms with Gasteiger partial charge >= 0.3 is 6.18 Å². The summed E-state index contributed by atoms with van der Waals surface area (Å²) >= 11 is 0. The van der Waals surface area contributed by atoms with E-state index >= 15 is 0 Å². The molecule has 0 spiro atoms. The number of rotatable bonds is 5. The van der Waals surface area contributed by atoms with Crippen LogP contribution < -0.4 is 0 Å². The fourth-order valence-electron chi connectivity index (χ4n) is 2.92. The largest absolute Gasteiger partial charge is 0.416 e. The van der Waals surface area contributed by atoms with Gasteiger partial charge in [0, 0.05) is 24.9 Å². The molecule has 4 nitrogen and oxygen atoms in total. The van der Waals surface area contributed by atoms with Gasteiger partial charge < -0.3 is 9.64 Å². The van der Waals surface area contributed by atoms with Crippen LogP contribution in [0.3, 0.4) is 0 Å². The fourth-order valence-corrected chi connectivity index (χ4v) is 2.92. The zero-order valence-electron chi connectivity index (χ0n) is 14.1. The van der Waals surface area contributed by atoms with Gasteiger partial charge in [-0.3, -0.25) is 9.78 Å². The van der Waals surface area contributed by atoms with Gasteiger partial charge in [0.15, 0.2) is 0 Å². The maximum absolute atomic E-state index is 12.9. The lowest BCUT2D eigenvalue weighted by atomic mass is 10.1. The van der Waals surface area contributed by atoms with Crippen LogP contribution >= 0.6 is 0 Å². The summed E-state index contributed by atoms with van der Waals surface area (Å²) in [6.45, 7) is 1.33. The minimum Gasteiger partial charge on any atom is -0.376 e. The van der Waals surface area contributed by atoms with Crippen LogP contribution in [0.5, 0.6) is 0 Å². The molecule has 0 aliphatic carbocycles. The Kier molecular flexibility index (Phi) is 5.56. The first-order valence-electron chi connectivity index (χ1n) is 8.41. The Balaban J connectivity index is 1.79. The summed E-state index contributed by atoms with van der Waals surface area (Å²) in [6, 6.07) is 9.71. The van der Waals surface area contributed by atoms with Gasteiger partial charge in [0.25, 0.3) is 5.91 Å². The zero-order chi connectivity index (χ0) is 18.6. The molecule has 1 aliphatic heterocycles. The third-order valence-electron chi connectivity index (χ3n) is 4.27. The van der Waals surface area contributed by atoms with Crippen molar-refractivity contribution in [2.24, 2.45) is 0 Å². The van der Waals surface area contributed by atoms with Gasteiger partial charge in [0.1, 0.15) is 0 Å². The van der Waals surface area contributed by atoms with Crippen LogP contribution in [0.15, 0.2) is 48.7 Å². The minimum atomic E-state index is -4.42. The first-order chi connectivity index (χ1) is 12.4. The second-order valence-corrected chi connectivity index (χ2v) is 6.22. The summed E-state index contributed by atoms with van der Waals surface area (Å²) in [6.07, 6.45) is -1.04. The van der Waals surface area contributed by atoms with E-state index in [0.717, 1.165) is 25.0 Å². The number of hydrogen-bond donors (Lipinski definition) is 0. The monoisotopic (exact) mass is 364 g/mol. The normalized spacial score (nSPS) is 17.3. The van der Waals surface area contributed by atoms with Crippen molar-refractivity contribution < 1.29 is 22.7 Å². The van der Waals surface area contributed by atoms with Crippen molar-refractivity contribution in [3.63, 3.8) is 0 Å². The molecule has 138 valence electrons. The van der Waals surface area contributed by atoms with Crippen molar-refractivity contribution in [1.82, 2.24) is 9.88 Å². The number of halogens is 3. The second kappa shape index (κ2) is 7.86. The molecule has 2 heterocycles. The Hall–Kier alpha value is -2.41. The molecule has 0 bridgehead atoms. The molecular weight excluding hydrogens is 345 g/mol. The zero-order valence-corrected chi connectivity index (χ0v) is 14.1. The van der Waals surface area contributed by atoms with Crippen molar-refractivity contribution in [1.29, 1.82) is 0 Å². The standard InChI is InChI=1S/C19H19F3N2O2/c20-19(21,22)15-8-6-14(7-9-15)18(25)24(13-17-5-3-11-26-17)12-16-4-1-2-10-23-16/h1-2,4,6-10,17H,3,5,11-13H2/t17-/m1/s1. The van der Waals surface area contributed by atoms with Crippen LogP contribution in [-0.4, -0.2) is 35.0 Å². The van der Waals surface area contributed by atoms with E-state index in [1.807, 2.05) is 12.1 Å². The maximum atomic E-state index is 12.9. The maximum Gasteiger partial charge on any atom is 0.416 e. The molecule has 1 amide bonds. The third kappa shape index (κ3) is 4.60. The van der Waals surface area contributed by atoms with Gasteiger partial charge in [0.2, 0.25) is 0 Å². The van der Waals surface area contributed by atoms with E-state index in [9.17, 15) is 18.0 Å². The number of nitrogens with zero attached hydrogens (tertiary/aromatic N) is 2. The summed E-state index contributed by atoms with van der Waals surface area (Å²) < 4.78 is 43.8. The molecule has 3 rings (SSSR count). The quantitative estimate of drug-likeness (QED) is 0.808. The Morgan fingerprint density at radius 2 is 1.96 bits per heavy atom. The molecule has 1 atom stereocenters. The van der Waals surface area contributed by atoms with Crippen LogP contribution in [-0.2, 0) is 17.5 Å². The molecule has 1 aliphatic rings. The van der Waals surface area contributed by atoms with Crippen molar-refractivity contribution in [2.45, 2.75) is 31.7 Å². The fraction of sp³-hybridized carbons (Fsp3) is 0.368.